The van der Waals surface area contributed by atoms with Crippen LogP contribution in [0.5, 0.6) is 0 Å². The molecule has 8 nitrogen and oxygen atoms in total. The van der Waals surface area contributed by atoms with E-state index >= 15 is 0 Å². The van der Waals surface area contributed by atoms with Gasteiger partial charge in [0.1, 0.15) is 0 Å². The van der Waals surface area contributed by atoms with Crippen molar-refractivity contribution < 1.29 is 19.1 Å². The monoisotopic (exact) mass is 454 g/mol. The molecule has 0 radical (unpaired) electrons. The van der Waals surface area contributed by atoms with Crippen LogP contribution < -0.4 is 10.6 Å². The lowest BCUT2D eigenvalue weighted by molar-refractivity contribution is -0.141. The number of halogens is 1. The second-order valence-corrected chi connectivity index (χ2v) is 7.41. The van der Waals surface area contributed by atoms with Crippen molar-refractivity contribution in [2.75, 3.05) is 12.4 Å². The van der Waals surface area contributed by atoms with Crippen molar-refractivity contribution >= 4 is 35.1 Å². The number of aromatic nitrogens is 2. The van der Waals surface area contributed by atoms with E-state index < -0.39 is 17.9 Å². The van der Waals surface area contributed by atoms with Gasteiger partial charge in [-0.2, -0.15) is 0 Å². The van der Waals surface area contributed by atoms with Crippen molar-refractivity contribution in [3.05, 3.63) is 83.4 Å². The third-order valence-corrected chi connectivity index (χ3v) is 5.09. The molecule has 2 amide bonds. The number of ether oxygens (including phenoxy) is 1. The maximum Gasteiger partial charge on any atom is 0.307 e. The van der Waals surface area contributed by atoms with Gasteiger partial charge in [0.15, 0.2) is 0 Å². The van der Waals surface area contributed by atoms with Crippen LogP contribution in [0.1, 0.15) is 34.8 Å². The van der Waals surface area contributed by atoms with E-state index in [2.05, 4.69) is 15.6 Å². The molecule has 0 saturated heterocycles. The van der Waals surface area contributed by atoms with Crippen LogP contribution >= 0.6 is 11.6 Å². The van der Waals surface area contributed by atoms with Crippen LogP contribution in [-0.4, -0.2) is 34.4 Å². The molecule has 3 aromatic rings. The lowest BCUT2D eigenvalue weighted by Crippen LogP contribution is -2.30. The minimum absolute atomic E-state index is 0.0728. The van der Waals surface area contributed by atoms with Crippen LogP contribution in [-0.2, 0) is 20.9 Å². The molecule has 1 unspecified atom stereocenters. The Morgan fingerprint density at radius 1 is 1.16 bits per heavy atom. The SMILES string of the molecule is COC(=O)CC(NC(=O)c1cccc(NC(=O)CCn2ccnc2)c1)c1ccccc1Cl. The average Bonchev–Trinajstić information content (AvgIpc) is 3.31. The van der Waals surface area contributed by atoms with Gasteiger partial charge in [-0.25, -0.2) is 4.98 Å². The van der Waals surface area contributed by atoms with Gasteiger partial charge in [-0.05, 0) is 29.8 Å². The summed E-state index contributed by atoms with van der Waals surface area (Å²) in [6.45, 7) is 0.499. The molecule has 1 heterocycles. The number of imidazole rings is 1. The number of rotatable bonds is 9. The number of carbonyl (C=O) groups is 3. The molecule has 2 N–H and O–H groups in total. The Hall–Kier alpha value is -3.65. The van der Waals surface area contributed by atoms with Crippen molar-refractivity contribution in [3.8, 4) is 0 Å². The first-order valence-electron chi connectivity index (χ1n) is 9.94. The molecule has 0 spiro atoms. The highest BCUT2D eigenvalue weighted by Gasteiger charge is 2.22. The Kier molecular flexibility index (Phi) is 7.99. The topological polar surface area (TPSA) is 102 Å². The highest BCUT2D eigenvalue weighted by molar-refractivity contribution is 6.31. The van der Waals surface area contributed by atoms with E-state index in [9.17, 15) is 14.4 Å². The molecule has 0 aliphatic carbocycles. The summed E-state index contributed by atoms with van der Waals surface area (Å²) in [5.74, 6) is -1.07. The number of anilines is 1. The molecule has 9 heteroatoms. The second kappa shape index (κ2) is 11.1. The number of benzene rings is 2. The number of hydrogen-bond acceptors (Lipinski definition) is 5. The zero-order valence-corrected chi connectivity index (χ0v) is 18.2. The average molecular weight is 455 g/mol. The molecule has 0 aliphatic rings. The normalized spacial score (nSPS) is 11.4. The maximum absolute atomic E-state index is 12.9. The van der Waals surface area contributed by atoms with E-state index in [1.165, 1.54) is 7.11 Å². The van der Waals surface area contributed by atoms with Gasteiger partial charge in [-0.1, -0.05) is 35.9 Å². The van der Waals surface area contributed by atoms with E-state index in [-0.39, 0.29) is 18.7 Å². The highest BCUT2D eigenvalue weighted by atomic mass is 35.5. The summed E-state index contributed by atoms with van der Waals surface area (Å²) in [6.07, 6.45) is 5.26. The number of nitrogens with zero attached hydrogens (tertiary/aromatic N) is 2. The Morgan fingerprint density at radius 3 is 2.69 bits per heavy atom. The highest BCUT2D eigenvalue weighted by Crippen LogP contribution is 2.26. The van der Waals surface area contributed by atoms with Gasteiger partial charge in [0.05, 0.1) is 25.9 Å². The molecule has 0 aliphatic heterocycles. The van der Waals surface area contributed by atoms with E-state index in [0.29, 0.717) is 28.4 Å². The van der Waals surface area contributed by atoms with Gasteiger partial charge >= 0.3 is 5.97 Å². The fourth-order valence-corrected chi connectivity index (χ4v) is 3.37. The number of methoxy groups -OCH3 is 1. The largest absolute Gasteiger partial charge is 0.469 e. The predicted molar refractivity (Wildman–Crippen MR) is 120 cm³/mol. The molecule has 3 rings (SSSR count). The summed E-state index contributed by atoms with van der Waals surface area (Å²) in [4.78, 5) is 40.9. The fourth-order valence-electron chi connectivity index (χ4n) is 3.10. The van der Waals surface area contributed by atoms with E-state index in [1.54, 1.807) is 71.8 Å². The van der Waals surface area contributed by atoms with Gasteiger partial charge in [0, 0.05) is 41.6 Å². The summed E-state index contributed by atoms with van der Waals surface area (Å²) in [7, 11) is 1.28. The summed E-state index contributed by atoms with van der Waals surface area (Å²) >= 11 is 6.27. The van der Waals surface area contributed by atoms with E-state index in [4.69, 9.17) is 16.3 Å². The van der Waals surface area contributed by atoms with Crippen LogP contribution in [0.4, 0.5) is 5.69 Å². The predicted octanol–water partition coefficient (Wildman–Crippen LogP) is 3.60. The molecule has 1 aromatic heterocycles. The van der Waals surface area contributed by atoms with Crippen LogP contribution in [0.15, 0.2) is 67.3 Å². The van der Waals surface area contributed by atoms with E-state index in [1.807, 2.05) is 0 Å². The maximum atomic E-state index is 12.9. The van der Waals surface area contributed by atoms with Crippen molar-refractivity contribution in [1.29, 1.82) is 0 Å². The molecule has 1 atom stereocenters. The number of hydrogen-bond donors (Lipinski definition) is 2. The lowest BCUT2D eigenvalue weighted by Gasteiger charge is -2.19. The van der Waals surface area contributed by atoms with Crippen molar-refractivity contribution in [2.24, 2.45) is 0 Å². The van der Waals surface area contributed by atoms with Gasteiger partial charge in [-0.3, -0.25) is 14.4 Å². The smallest absolute Gasteiger partial charge is 0.307 e. The standard InChI is InChI=1S/C23H23ClN4O4/c1-32-22(30)14-20(18-7-2-3-8-19(18)24)27-23(31)16-5-4-6-17(13-16)26-21(29)9-11-28-12-10-25-15-28/h2-8,10,12-13,15,20H,9,11,14H2,1H3,(H,26,29)(H,27,31). The molecule has 0 fully saturated rings. The van der Waals surface area contributed by atoms with Gasteiger partial charge in [0.25, 0.3) is 5.91 Å². The van der Waals surface area contributed by atoms with Gasteiger partial charge < -0.3 is 19.9 Å². The number of nitrogens with one attached hydrogen (secondary N) is 2. The number of amides is 2. The van der Waals surface area contributed by atoms with Crippen LogP contribution in [0.25, 0.3) is 0 Å². The first-order chi connectivity index (χ1) is 15.5. The summed E-state index contributed by atoms with van der Waals surface area (Å²) < 4.78 is 6.56. The van der Waals surface area contributed by atoms with Crippen LogP contribution in [0.3, 0.4) is 0 Å². The summed E-state index contributed by atoms with van der Waals surface area (Å²) in [6, 6.07) is 12.9. The number of aryl methyl sites for hydroxylation is 1. The number of esters is 1. The number of carbonyl (C=O) groups excluding carboxylic acids is 3. The molecular formula is C23H23ClN4O4. The molecular weight excluding hydrogens is 432 g/mol. The van der Waals surface area contributed by atoms with Crippen LogP contribution in [0, 0.1) is 0 Å². The zero-order chi connectivity index (χ0) is 22.9. The minimum Gasteiger partial charge on any atom is -0.469 e. The fraction of sp³-hybridized carbons (Fsp3) is 0.217. The zero-order valence-electron chi connectivity index (χ0n) is 17.5. The van der Waals surface area contributed by atoms with Crippen LogP contribution in [0.2, 0.25) is 5.02 Å². The quantitative estimate of drug-likeness (QED) is 0.481. The molecule has 166 valence electrons. The third-order valence-electron chi connectivity index (χ3n) is 4.75. The Morgan fingerprint density at radius 2 is 1.97 bits per heavy atom. The van der Waals surface area contributed by atoms with Crippen molar-refractivity contribution in [2.45, 2.75) is 25.4 Å². The molecule has 32 heavy (non-hydrogen) atoms. The Balaban J connectivity index is 1.68. The van der Waals surface area contributed by atoms with Gasteiger partial charge in [-0.15, -0.1) is 0 Å². The minimum atomic E-state index is -0.669. The van der Waals surface area contributed by atoms with Crippen molar-refractivity contribution in [1.82, 2.24) is 14.9 Å². The first kappa shape index (κ1) is 23.0. The summed E-state index contributed by atoms with van der Waals surface area (Å²) in [5.41, 5.74) is 1.44. The Labute approximate surface area is 190 Å². The molecule has 0 bridgehead atoms. The van der Waals surface area contributed by atoms with Gasteiger partial charge in [0.2, 0.25) is 5.91 Å². The third kappa shape index (κ3) is 6.42. The molecule has 0 saturated carbocycles. The lowest BCUT2D eigenvalue weighted by atomic mass is 10.0. The first-order valence-corrected chi connectivity index (χ1v) is 10.3. The van der Waals surface area contributed by atoms with Crippen molar-refractivity contribution in [3.63, 3.8) is 0 Å². The molecule has 2 aromatic carbocycles. The Bertz CT molecular complexity index is 1090. The summed E-state index contributed by atoms with van der Waals surface area (Å²) in [5, 5.41) is 6.05. The second-order valence-electron chi connectivity index (χ2n) is 7.01. The van der Waals surface area contributed by atoms with E-state index in [0.717, 1.165) is 0 Å².